The van der Waals surface area contributed by atoms with E-state index < -0.39 is 51.2 Å². The van der Waals surface area contributed by atoms with Gasteiger partial charge in [-0.15, -0.1) is 13.2 Å². The SMILES string of the molecule is [O-][S+](c1[c]ccc(C(F)(C(F)(F)F)C(F)(F)F)c1)C(F)(F)F. The fourth-order valence-electron chi connectivity index (χ4n) is 1.38. The van der Waals surface area contributed by atoms with Crippen LogP contribution in [0.3, 0.4) is 0 Å². The Morgan fingerprint density at radius 2 is 1.32 bits per heavy atom. The van der Waals surface area contributed by atoms with Crippen LogP contribution in [0.4, 0.5) is 43.9 Å². The number of hydrogen-bond acceptors (Lipinski definition) is 1. The second kappa shape index (κ2) is 5.48. The molecule has 0 aromatic heterocycles. The maximum absolute atomic E-state index is 13.6. The summed E-state index contributed by atoms with van der Waals surface area (Å²) in [6, 6.07) is 1.29. The third-order valence-corrected chi connectivity index (χ3v) is 3.42. The Labute approximate surface area is 119 Å². The van der Waals surface area contributed by atoms with E-state index in [1.165, 1.54) is 0 Å². The quantitative estimate of drug-likeness (QED) is 0.566. The minimum Gasteiger partial charge on any atom is -0.604 e. The highest BCUT2D eigenvalue weighted by Crippen LogP contribution is 2.53. The average molecular weight is 361 g/mol. The second-order valence-electron chi connectivity index (χ2n) is 3.81. The second-order valence-corrected chi connectivity index (χ2v) is 5.25. The molecule has 1 unspecified atom stereocenters. The molecule has 0 saturated heterocycles. The van der Waals surface area contributed by atoms with Crippen molar-refractivity contribution in [2.24, 2.45) is 0 Å². The van der Waals surface area contributed by atoms with Gasteiger partial charge in [0, 0.05) is 17.7 Å². The van der Waals surface area contributed by atoms with Gasteiger partial charge in [0.15, 0.2) is 4.90 Å². The molecule has 1 atom stereocenters. The monoisotopic (exact) mass is 361 g/mol. The highest BCUT2D eigenvalue weighted by atomic mass is 32.2. The number of benzene rings is 1. The molecule has 1 nitrogen and oxygen atoms in total. The molecule has 0 heterocycles. The molecule has 22 heavy (non-hydrogen) atoms. The van der Waals surface area contributed by atoms with Crippen molar-refractivity contribution in [2.45, 2.75) is 28.4 Å². The largest absolute Gasteiger partial charge is 0.604 e. The first-order chi connectivity index (χ1) is 9.62. The molecule has 125 valence electrons. The van der Waals surface area contributed by atoms with E-state index in [0.717, 1.165) is 0 Å². The zero-order valence-corrected chi connectivity index (χ0v) is 10.6. The highest BCUT2D eigenvalue weighted by Gasteiger charge is 2.73. The van der Waals surface area contributed by atoms with Crippen molar-refractivity contribution in [3.63, 3.8) is 0 Å². The third-order valence-electron chi connectivity index (χ3n) is 2.36. The molecular formula is C10H3F10OS. The Kier molecular flexibility index (Phi) is 4.70. The Morgan fingerprint density at radius 1 is 0.864 bits per heavy atom. The van der Waals surface area contributed by atoms with E-state index in [2.05, 4.69) is 0 Å². The van der Waals surface area contributed by atoms with Crippen LogP contribution in [0.1, 0.15) is 5.56 Å². The van der Waals surface area contributed by atoms with Crippen LogP contribution in [-0.4, -0.2) is 22.4 Å². The summed E-state index contributed by atoms with van der Waals surface area (Å²) in [7, 11) is 0. The molecule has 0 spiro atoms. The lowest BCUT2D eigenvalue weighted by Crippen LogP contribution is -2.50. The number of hydrogen-bond donors (Lipinski definition) is 0. The van der Waals surface area contributed by atoms with Gasteiger partial charge in [-0.25, -0.2) is 4.39 Å². The number of halogens is 10. The van der Waals surface area contributed by atoms with E-state index in [1.54, 1.807) is 6.07 Å². The van der Waals surface area contributed by atoms with Crippen LogP contribution in [0.2, 0.25) is 0 Å². The molecular weight excluding hydrogens is 358 g/mol. The van der Waals surface area contributed by atoms with Crippen LogP contribution in [-0.2, 0) is 16.8 Å². The summed E-state index contributed by atoms with van der Waals surface area (Å²) in [5, 5.41) is 0. The van der Waals surface area contributed by atoms with E-state index in [4.69, 9.17) is 0 Å². The lowest BCUT2D eigenvalue weighted by atomic mass is 9.94. The molecule has 0 N–H and O–H groups in total. The summed E-state index contributed by atoms with van der Waals surface area (Å²) in [6.07, 6.45) is -13.0. The molecule has 0 fully saturated rings. The summed E-state index contributed by atoms with van der Waals surface area (Å²) in [5.41, 5.74) is -13.5. The standard InChI is InChI=1S/C10H3F10OS/c11-7(8(12,13)14,9(15,16)17)5-2-1-3-6(4-5)22(21)10(18,19)20/h1-2,4H. The minimum absolute atomic E-state index is 0.0436. The molecule has 1 aromatic rings. The lowest BCUT2D eigenvalue weighted by molar-refractivity contribution is -0.348. The first-order valence-corrected chi connectivity index (χ1v) is 6.10. The van der Waals surface area contributed by atoms with Crippen molar-refractivity contribution >= 4 is 11.2 Å². The molecule has 12 heteroatoms. The summed E-state index contributed by atoms with van der Waals surface area (Å²) in [6.45, 7) is 0. The number of rotatable bonds is 2. The van der Waals surface area contributed by atoms with Gasteiger partial charge in [0.2, 0.25) is 0 Å². The van der Waals surface area contributed by atoms with E-state index in [1.807, 2.05) is 0 Å². The lowest BCUT2D eigenvalue weighted by Gasteiger charge is -2.30. The molecule has 0 aliphatic carbocycles. The average Bonchev–Trinajstić information content (AvgIpc) is 2.33. The van der Waals surface area contributed by atoms with Crippen molar-refractivity contribution in [1.29, 1.82) is 0 Å². The summed E-state index contributed by atoms with van der Waals surface area (Å²) in [5.74, 6) is 0. The summed E-state index contributed by atoms with van der Waals surface area (Å²) in [4.78, 5) is -1.56. The van der Waals surface area contributed by atoms with Crippen LogP contribution in [0.25, 0.3) is 0 Å². The maximum atomic E-state index is 13.6. The molecule has 0 amide bonds. The van der Waals surface area contributed by atoms with Gasteiger partial charge in [-0.3, -0.25) is 0 Å². The van der Waals surface area contributed by atoms with Gasteiger partial charge in [0.05, 0.1) is 11.2 Å². The van der Waals surface area contributed by atoms with E-state index in [0.29, 0.717) is 0 Å². The molecule has 0 saturated carbocycles. The molecule has 1 rings (SSSR count). The van der Waals surface area contributed by atoms with Gasteiger partial charge in [0.25, 0.3) is 0 Å². The fourth-order valence-corrected chi connectivity index (χ4v) is 2.04. The van der Waals surface area contributed by atoms with Gasteiger partial charge in [-0.2, -0.15) is 26.3 Å². The van der Waals surface area contributed by atoms with E-state index in [9.17, 15) is 48.5 Å². The third kappa shape index (κ3) is 3.26. The van der Waals surface area contributed by atoms with Crippen LogP contribution in [0.15, 0.2) is 23.1 Å². The van der Waals surface area contributed by atoms with Crippen LogP contribution in [0.5, 0.6) is 0 Å². The molecule has 0 aliphatic rings. The normalized spacial score (nSPS) is 15.8. The first kappa shape index (κ1) is 18.9. The molecule has 1 aromatic carbocycles. The van der Waals surface area contributed by atoms with Crippen molar-refractivity contribution < 1.29 is 48.5 Å². The van der Waals surface area contributed by atoms with Gasteiger partial charge >= 0.3 is 23.5 Å². The van der Waals surface area contributed by atoms with E-state index >= 15 is 0 Å². The Balaban J connectivity index is 3.49. The minimum atomic E-state index is -6.48. The Hall–Kier alpha value is -1.17. The van der Waals surface area contributed by atoms with Gasteiger partial charge in [0.1, 0.15) is 0 Å². The van der Waals surface area contributed by atoms with E-state index in [-0.39, 0.29) is 12.1 Å². The van der Waals surface area contributed by atoms with Crippen molar-refractivity contribution in [3.8, 4) is 0 Å². The maximum Gasteiger partial charge on any atom is 0.578 e. The Bertz CT molecular complexity index is 518. The zero-order valence-electron chi connectivity index (χ0n) is 9.83. The fraction of sp³-hybridized carbons (Fsp3) is 0.400. The van der Waals surface area contributed by atoms with Crippen molar-refractivity contribution in [3.05, 3.63) is 29.8 Å². The van der Waals surface area contributed by atoms with Gasteiger partial charge in [-0.05, 0) is 6.07 Å². The van der Waals surface area contributed by atoms with Crippen LogP contribution >= 0.6 is 0 Å². The molecule has 0 bridgehead atoms. The molecule has 0 aliphatic heterocycles. The van der Waals surface area contributed by atoms with Gasteiger partial charge in [-0.1, -0.05) is 6.07 Å². The Morgan fingerprint density at radius 3 is 1.68 bits per heavy atom. The van der Waals surface area contributed by atoms with Crippen LogP contribution < -0.4 is 0 Å². The first-order valence-electron chi connectivity index (χ1n) is 4.95. The zero-order chi connectivity index (χ0) is 17.6. The summed E-state index contributed by atoms with van der Waals surface area (Å²) >= 11 is -3.96. The van der Waals surface area contributed by atoms with Crippen molar-refractivity contribution in [1.82, 2.24) is 0 Å². The van der Waals surface area contributed by atoms with Crippen LogP contribution in [0, 0.1) is 6.07 Å². The van der Waals surface area contributed by atoms with Crippen molar-refractivity contribution in [2.75, 3.05) is 0 Å². The summed E-state index contributed by atoms with van der Waals surface area (Å²) < 4.78 is 136. The molecule has 1 radical (unpaired) electrons. The predicted octanol–water partition coefficient (Wildman–Crippen LogP) is 4.40. The number of alkyl halides is 10. The predicted molar refractivity (Wildman–Crippen MR) is 52.6 cm³/mol. The van der Waals surface area contributed by atoms with Gasteiger partial charge < -0.3 is 4.55 Å². The highest BCUT2D eigenvalue weighted by molar-refractivity contribution is 7.92. The smallest absolute Gasteiger partial charge is 0.578 e. The topological polar surface area (TPSA) is 23.1 Å².